The summed E-state index contributed by atoms with van der Waals surface area (Å²) in [4.78, 5) is 16.7. The Labute approximate surface area is 163 Å². The van der Waals surface area contributed by atoms with E-state index in [0.29, 0.717) is 30.1 Å². The van der Waals surface area contributed by atoms with Crippen LogP contribution in [0, 0.1) is 0 Å². The molecular formula is C20H31N3O3S. The molecule has 0 spiro atoms. The highest BCUT2D eigenvalue weighted by Crippen LogP contribution is 2.32. The van der Waals surface area contributed by atoms with Gasteiger partial charge in [-0.1, -0.05) is 6.42 Å². The summed E-state index contributed by atoms with van der Waals surface area (Å²) in [5.74, 6) is -0.141. The number of rotatable bonds is 5. The zero-order valence-corrected chi connectivity index (χ0v) is 17.3. The summed E-state index contributed by atoms with van der Waals surface area (Å²) < 4.78 is 28.5. The van der Waals surface area contributed by atoms with Gasteiger partial charge in [-0.05, 0) is 57.2 Å². The van der Waals surface area contributed by atoms with Gasteiger partial charge in [0.1, 0.15) is 4.90 Å². The highest BCUT2D eigenvalue weighted by Gasteiger charge is 2.31. The van der Waals surface area contributed by atoms with Gasteiger partial charge < -0.3 is 9.80 Å². The number of piperidine rings is 2. The molecule has 0 radical (unpaired) electrons. The molecule has 150 valence electrons. The molecule has 0 unspecified atom stereocenters. The van der Waals surface area contributed by atoms with Crippen molar-refractivity contribution < 1.29 is 13.2 Å². The van der Waals surface area contributed by atoms with Crippen molar-refractivity contribution in [3.63, 3.8) is 0 Å². The van der Waals surface area contributed by atoms with E-state index in [-0.39, 0.29) is 5.91 Å². The molecule has 0 bridgehead atoms. The number of hydrogen-bond acceptors (Lipinski definition) is 4. The Bertz CT molecular complexity index is 767. The minimum atomic E-state index is -3.61. The first-order valence-corrected chi connectivity index (χ1v) is 11.5. The molecule has 7 heteroatoms. The molecule has 0 aliphatic carbocycles. The van der Waals surface area contributed by atoms with E-state index in [1.165, 1.54) is 6.42 Å². The van der Waals surface area contributed by atoms with E-state index < -0.39 is 10.0 Å². The van der Waals surface area contributed by atoms with E-state index >= 15 is 0 Å². The Morgan fingerprint density at radius 2 is 1.59 bits per heavy atom. The standard InChI is InChI=1S/C20H31N3O3S/c1-3-21(2)20(24)17-10-11-18(22-12-6-4-7-13-22)19(16-17)27(25,26)23-14-8-5-9-15-23/h10-11,16H,3-9,12-15H2,1-2H3. The Kier molecular flexibility index (Phi) is 6.42. The Morgan fingerprint density at radius 3 is 2.19 bits per heavy atom. The van der Waals surface area contributed by atoms with Crippen LogP contribution in [0.3, 0.4) is 0 Å². The smallest absolute Gasteiger partial charge is 0.253 e. The number of anilines is 1. The first kappa shape index (κ1) is 20.1. The van der Waals surface area contributed by atoms with Gasteiger partial charge in [-0.25, -0.2) is 8.42 Å². The Morgan fingerprint density at radius 1 is 1.00 bits per heavy atom. The monoisotopic (exact) mass is 393 g/mol. The fourth-order valence-electron chi connectivity index (χ4n) is 3.86. The number of benzene rings is 1. The number of nitrogens with zero attached hydrogens (tertiary/aromatic N) is 3. The van der Waals surface area contributed by atoms with E-state index in [4.69, 9.17) is 0 Å². The van der Waals surface area contributed by atoms with E-state index in [2.05, 4.69) is 4.90 Å². The number of carbonyl (C=O) groups is 1. The van der Waals surface area contributed by atoms with Crippen molar-refractivity contribution in [3.8, 4) is 0 Å². The van der Waals surface area contributed by atoms with E-state index in [0.717, 1.165) is 50.9 Å². The molecule has 2 aliphatic heterocycles. The fraction of sp³-hybridized carbons (Fsp3) is 0.650. The third-order valence-electron chi connectivity index (χ3n) is 5.66. The number of hydrogen-bond donors (Lipinski definition) is 0. The minimum Gasteiger partial charge on any atom is -0.370 e. The van der Waals surface area contributed by atoms with Gasteiger partial charge in [-0.2, -0.15) is 4.31 Å². The lowest BCUT2D eigenvalue weighted by Gasteiger charge is -2.33. The van der Waals surface area contributed by atoms with Crippen LogP contribution in [0.2, 0.25) is 0 Å². The molecular weight excluding hydrogens is 362 g/mol. The quantitative estimate of drug-likeness (QED) is 0.772. The maximum Gasteiger partial charge on any atom is 0.253 e. The summed E-state index contributed by atoms with van der Waals surface area (Å²) >= 11 is 0. The average Bonchev–Trinajstić information content (AvgIpc) is 2.73. The lowest BCUT2D eigenvalue weighted by Crippen LogP contribution is -2.38. The van der Waals surface area contributed by atoms with Crippen LogP contribution in [-0.4, -0.2) is 63.3 Å². The molecule has 1 aromatic rings. The lowest BCUT2D eigenvalue weighted by molar-refractivity contribution is 0.0802. The summed E-state index contributed by atoms with van der Waals surface area (Å²) in [6.45, 7) is 5.35. The third kappa shape index (κ3) is 4.29. The van der Waals surface area contributed by atoms with Crippen molar-refractivity contribution in [1.82, 2.24) is 9.21 Å². The second-order valence-corrected chi connectivity index (χ2v) is 9.42. The van der Waals surface area contributed by atoms with Crippen LogP contribution in [0.4, 0.5) is 5.69 Å². The SMILES string of the molecule is CCN(C)C(=O)c1ccc(N2CCCCC2)c(S(=O)(=O)N2CCCCC2)c1. The maximum atomic E-state index is 13.4. The van der Waals surface area contributed by atoms with Gasteiger partial charge in [0, 0.05) is 45.3 Å². The summed E-state index contributed by atoms with van der Waals surface area (Å²) in [5, 5.41) is 0. The molecule has 0 aromatic heterocycles. The van der Waals surface area contributed by atoms with Crippen molar-refractivity contribution in [2.24, 2.45) is 0 Å². The summed E-state index contributed by atoms with van der Waals surface area (Å²) in [6.07, 6.45) is 6.20. The Hall–Kier alpha value is -1.60. The van der Waals surface area contributed by atoms with Gasteiger partial charge in [0.15, 0.2) is 0 Å². The van der Waals surface area contributed by atoms with Gasteiger partial charge in [-0.15, -0.1) is 0 Å². The highest BCUT2D eigenvalue weighted by molar-refractivity contribution is 7.89. The first-order valence-electron chi connectivity index (χ1n) is 10.1. The molecule has 2 heterocycles. The van der Waals surface area contributed by atoms with Gasteiger partial charge in [0.2, 0.25) is 10.0 Å². The maximum absolute atomic E-state index is 13.4. The van der Waals surface area contributed by atoms with Crippen LogP contribution in [0.25, 0.3) is 0 Å². The van der Waals surface area contributed by atoms with Gasteiger partial charge in [0.25, 0.3) is 5.91 Å². The van der Waals surface area contributed by atoms with Crippen molar-refractivity contribution in [2.45, 2.75) is 50.3 Å². The molecule has 1 amide bonds. The fourth-order valence-corrected chi connectivity index (χ4v) is 5.61. The van der Waals surface area contributed by atoms with Crippen LogP contribution in [0.5, 0.6) is 0 Å². The zero-order chi connectivity index (χ0) is 19.4. The average molecular weight is 394 g/mol. The molecule has 6 nitrogen and oxygen atoms in total. The highest BCUT2D eigenvalue weighted by atomic mass is 32.2. The number of carbonyl (C=O) groups excluding carboxylic acids is 1. The van der Waals surface area contributed by atoms with E-state index in [1.54, 1.807) is 28.4 Å². The van der Waals surface area contributed by atoms with Crippen LogP contribution in [0.15, 0.2) is 23.1 Å². The molecule has 1 aromatic carbocycles. The van der Waals surface area contributed by atoms with Crippen LogP contribution in [0.1, 0.15) is 55.8 Å². The predicted octanol–water partition coefficient (Wildman–Crippen LogP) is 2.94. The van der Waals surface area contributed by atoms with Gasteiger partial charge >= 0.3 is 0 Å². The van der Waals surface area contributed by atoms with Gasteiger partial charge in [0.05, 0.1) is 5.69 Å². The van der Waals surface area contributed by atoms with Crippen LogP contribution in [-0.2, 0) is 10.0 Å². The topological polar surface area (TPSA) is 60.9 Å². The molecule has 3 rings (SSSR count). The Balaban J connectivity index is 2.04. The van der Waals surface area contributed by atoms with E-state index in [9.17, 15) is 13.2 Å². The van der Waals surface area contributed by atoms with Crippen LogP contribution < -0.4 is 4.90 Å². The molecule has 27 heavy (non-hydrogen) atoms. The normalized spacial score (nSPS) is 19.1. The molecule has 0 atom stereocenters. The summed E-state index contributed by atoms with van der Waals surface area (Å²) in [6, 6.07) is 5.20. The number of sulfonamides is 1. The zero-order valence-electron chi connectivity index (χ0n) is 16.5. The van der Waals surface area contributed by atoms with E-state index in [1.807, 2.05) is 13.0 Å². The predicted molar refractivity (Wildman–Crippen MR) is 108 cm³/mol. The largest absolute Gasteiger partial charge is 0.370 e. The van der Waals surface area contributed by atoms with Crippen molar-refractivity contribution in [1.29, 1.82) is 0 Å². The molecule has 0 N–H and O–H groups in total. The van der Waals surface area contributed by atoms with Gasteiger partial charge in [-0.3, -0.25) is 4.79 Å². The van der Waals surface area contributed by atoms with Crippen LogP contribution >= 0.6 is 0 Å². The molecule has 0 saturated carbocycles. The second-order valence-electron chi connectivity index (χ2n) is 7.51. The molecule has 2 fully saturated rings. The summed E-state index contributed by atoms with van der Waals surface area (Å²) in [5.41, 5.74) is 1.19. The molecule has 2 aliphatic rings. The lowest BCUT2D eigenvalue weighted by atomic mass is 10.1. The minimum absolute atomic E-state index is 0.141. The molecule has 2 saturated heterocycles. The van der Waals surface area contributed by atoms with Crippen molar-refractivity contribution in [2.75, 3.05) is 44.7 Å². The second kappa shape index (κ2) is 8.61. The number of amides is 1. The first-order chi connectivity index (χ1) is 12.9. The third-order valence-corrected chi connectivity index (χ3v) is 7.59. The van der Waals surface area contributed by atoms with Crippen molar-refractivity contribution >= 4 is 21.6 Å². The van der Waals surface area contributed by atoms with Crippen molar-refractivity contribution in [3.05, 3.63) is 23.8 Å². The summed E-state index contributed by atoms with van der Waals surface area (Å²) in [7, 11) is -1.87.